The summed E-state index contributed by atoms with van der Waals surface area (Å²) in [4.78, 5) is 47.4. The number of ketones is 1. The molecule has 9 heteroatoms. The number of likely N-dealkylation sites (tertiary alicyclic amines) is 1. The molecule has 1 amide bonds. The van der Waals surface area contributed by atoms with Crippen LogP contribution in [0.25, 0.3) is 0 Å². The zero-order valence-electron chi connectivity index (χ0n) is 24.4. The Morgan fingerprint density at radius 1 is 1.21 bits per heavy atom. The lowest BCUT2D eigenvalue weighted by atomic mass is 9.82. The van der Waals surface area contributed by atoms with Gasteiger partial charge in [-0.3, -0.25) is 14.5 Å². The largest absolute Gasteiger partial charge is 0.476 e. The van der Waals surface area contributed by atoms with Gasteiger partial charge in [0.2, 0.25) is 5.91 Å². The van der Waals surface area contributed by atoms with Crippen molar-refractivity contribution in [2.24, 2.45) is 17.8 Å². The van der Waals surface area contributed by atoms with Gasteiger partial charge in [0.25, 0.3) is 0 Å². The average molecular weight is 552 g/mol. The van der Waals surface area contributed by atoms with E-state index in [2.05, 4.69) is 37.6 Å². The van der Waals surface area contributed by atoms with Crippen molar-refractivity contribution in [2.75, 3.05) is 26.9 Å². The molecule has 38 heavy (non-hydrogen) atoms. The molecule has 8 nitrogen and oxygen atoms in total. The number of ether oxygens (including phenoxy) is 1. The monoisotopic (exact) mass is 551 g/mol. The first-order valence-corrected chi connectivity index (χ1v) is 15.2. The van der Waals surface area contributed by atoms with Crippen LogP contribution in [0.5, 0.6) is 0 Å². The Balaban J connectivity index is 2.32. The molecule has 0 bridgehead atoms. The molecule has 2 unspecified atom stereocenters. The molecule has 1 fully saturated rings. The van der Waals surface area contributed by atoms with Crippen LogP contribution < -0.4 is 0 Å². The van der Waals surface area contributed by atoms with Gasteiger partial charge in [0.15, 0.2) is 11.5 Å². The van der Waals surface area contributed by atoms with Crippen LogP contribution in [-0.2, 0) is 14.3 Å². The number of thiazole rings is 1. The molecule has 0 aromatic carbocycles. The summed E-state index contributed by atoms with van der Waals surface area (Å²) in [6, 6.07) is -0.243. The maximum Gasteiger partial charge on any atom is 0.355 e. The van der Waals surface area contributed by atoms with Crippen molar-refractivity contribution >= 4 is 29.0 Å². The summed E-state index contributed by atoms with van der Waals surface area (Å²) in [5, 5.41) is 11.6. The van der Waals surface area contributed by atoms with E-state index < -0.39 is 11.9 Å². The smallest absolute Gasteiger partial charge is 0.355 e. The number of carboxylic acid groups (broad SMARTS) is 1. The average Bonchev–Trinajstić information content (AvgIpc) is 3.39. The van der Waals surface area contributed by atoms with Crippen LogP contribution >= 0.6 is 11.3 Å². The topological polar surface area (TPSA) is 100 Å². The third-order valence-corrected chi connectivity index (χ3v) is 9.08. The minimum Gasteiger partial charge on any atom is -0.476 e. The molecule has 2 heterocycles. The van der Waals surface area contributed by atoms with Gasteiger partial charge in [0, 0.05) is 36.3 Å². The summed E-state index contributed by atoms with van der Waals surface area (Å²) >= 11 is 1.34. The Morgan fingerprint density at radius 2 is 1.92 bits per heavy atom. The second kappa shape index (κ2) is 15.7. The Kier molecular flexibility index (Phi) is 13.4. The zero-order valence-corrected chi connectivity index (χ0v) is 25.3. The number of carboxylic acids is 1. The van der Waals surface area contributed by atoms with Crippen molar-refractivity contribution in [2.45, 2.75) is 104 Å². The summed E-state index contributed by atoms with van der Waals surface area (Å²) < 4.78 is 5.94. The number of aromatic carboxylic acids is 1. The van der Waals surface area contributed by atoms with Gasteiger partial charge in [0.1, 0.15) is 6.73 Å². The van der Waals surface area contributed by atoms with Gasteiger partial charge in [-0.15, -0.1) is 11.3 Å². The number of hydrogen-bond acceptors (Lipinski definition) is 7. The van der Waals surface area contributed by atoms with Gasteiger partial charge < -0.3 is 14.7 Å². The highest BCUT2D eigenvalue weighted by atomic mass is 32.1. The van der Waals surface area contributed by atoms with E-state index in [4.69, 9.17) is 4.74 Å². The van der Waals surface area contributed by atoms with Crippen molar-refractivity contribution in [3.8, 4) is 0 Å². The number of Topliss-reactive ketones (excluding diaryl/α,β-unsaturated/α-hetero) is 1. The molecule has 1 aromatic rings. The molecule has 5 atom stereocenters. The SMILES string of the molecule is CCCOCN(C(=O)[C@@H](CC(=O)[C@H]1CCCCN1C)C(C)CC)C(C[C@@H](C)c1nc(C(=O)O)cs1)C(C)C. The second-order valence-corrected chi connectivity index (χ2v) is 12.2. The van der Waals surface area contributed by atoms with Crippen molar-refractivity contribution in [1.82, 2.24) is 14.8 Å². The first-order chi connectivity index (χ1) is 18.0. The Bertz CT molecular complexity index is 905. The fraction of sp³-hybridized carbons (Fsp3) is 0.793. The number of aromatic nitrogens is 1. The normalized spacial score (nSPS) is 19.6. The molecule has 0 radical (unpaired) electrons. The number of piperidine rings is 1. The zero-order chi connectivity index (χ0) is 28.4. The third-order valence-electron chi connectivity index (χ3n) is 8.00. The lowest BCUT2D eigenvalue weighted by Gasteiger charge is -2.39. The van der Waals surface area contributed by atoms with E-state index in [0.717, 1.165) is 43.7 Å². The van der Waals surface area contributed by atoms with Crippen LogP contribution in [0.15, 0.2) is 5.38 Å². The predicted molar refractivity (Wildman–Crippen MR) is 152 cm³/mol. The Hall–Kier alpha value is -1.84. The van der Waals surface area contributed by atoms with E-state index in [1.807, 2.05) is 25.8 Å². The van der Waals surface area contributed by atoms with Crippen LogP contribution in [-0.4, -0.2) is 76.6 Å². The number of likely N-dealkylation sites (N-methyl/N-ethyl adjacent to an activating group) is 1. The maximum absolute atomic E-state index is 14.3. The van der Waals surface area contributed by atoms with Crippen molar-refractivity contribution in [3.05, 3.63) is 16.1 Å². The quantitative estimate of drug-likeness (QED) is 0.208. The molecule has 1 aromatic heterocycles. The van der Waals surface area contributed by atoms with Gasteiger partial charge >= 0.3 is 5.97 Å². The van der Waals surface area contributed by atoms with E-state index in [1.165, 1.54) is 11.3 Å². The van der Waals surface area contributed by atoms with E-state index in [-0.39, 0.29) is 60.4 Å². The molecule has 0 saturated carbocycles. The van der Waals surface area contributed by atoms with Crippen LogP contribution in [0.2, 0.25) is 0 Å². The lowest BCUT2D eigenvalue weighted by Crippen LogP contribution is -2.50. The van der Waals surface area contributed by atoms with Crippen LogP contribution in [0.1, 0.15) is 108 Å². The number of nitrogens with zero attached hydrogens (tertiary/aromatic N) is 3. The molecular weight excluding hydrogens is 502 g/mol. The lowest BCUT2D eigenvalue weighted by molar-refractivity contribution is -0.150. The second-order valence-electron chi connectivity index (χ2n) is 11.3. The number of hydrogen-bond donors (Lipinski definition) is 1. The third kappa shape index (κ3) is 8.85. The number of carbonyl (C=O) groups excluding carboxylic acids is 2. The van der Waals surface area contributed by atoms with Gasteiger partial charge in [0.05, 0.1) is 11.0 Å². The predicted octanol–water partition coefficient (Wildman–Crippen LogP) is 5.68. The summed E-state index contributed by atoms with van der Waals surface area (Å²) in [5.74, 6) is -1.10. The highest BCUT2D eigenvalue weighted by Crippen LogP contribution is 2.32. The van der Waals surface area contributed by atoms with E-state index >= 15 is 0 Å². The minimum atomic E-state index is -1.03. The fourth-order valence-corrected chi connectivity index (χ4v) is 6.19. The maximum atomic E-state index is 14.3. The molecule has 1 saturated heterocycles. The van der Waals surface area contributed by atoms with Crippen LogP contribution in [0, 0.1) is 17.8 Å². The Morgan fingerprint density at radius 3 is 2.47 bits per heavy atom. The Labute approximate surface area is 233 Å². The molecule has 1 aliphatic heterocycles. The van der Waals surface area contributed by atoms with E-state index in [9.17, 15) is 19.5 Å². The van der Waals surface area contributed by atoms with Crippen molar-refractivity contribution in [3.63, 3.8) is 0 Å². The van der Waals surface area contributed by atoms with Crippen LogP contribution in [0.3, 0.4) is 0 Å². The van der Waals surface area contributed by atoms with Crippen molar-refractivity contribution in [1.29, 1.82) is 0 Å². The fourth-order valence-electron chi connectivity index (χ4n) is 5.33. The molecule has 1 N–H and O–H groups in total. The standard InChI is InChI=1S/C29H49N3O5S/c1-8-14-37-18-32(25(19(3)4)15-21(6)27-30-23(17-38-27)29(35)36)28(34)22(20(5)9-2)16-26(33)24-12-10-11-13-31(24)7/h17,19-22,24-25H,8-16,18H2,1-7H3,(H,35,36)/t20?,21-,22+,24-,25?/m1/s1. The summed E-state index contributed by atoms with van der Waals surface area (Å²) in [6.07, 6.45) is 5.57. The molecule has 0 spiro atoms. The van der Waals surface area contributed by atoms with Gasteiger partial charge in [-0.2, -0.15) is 0 Å². The molecule has 2 rings (SSSR count). The van der Waals surface area contributed by atoms with Crippen molar-refractivity contribution < 1.29 is 24.2 Å². The first kappa shape index (κ1) is 32.4. The number of amides is 1. The molecule has 0 aliphatic carbocycles. The summed E-state index contributed by atoms with van der Waals surface area (Å²) in [7, 11) is 2.01. The highest BCUT2D eigenvalue weighted by Gasteiger charge is 2.38. The van der Waals surface area contributed by atoms with E-state index in [0.29, 0.717) is 13.0 Å². The number of rotatable bonds is 16. The minimum absolute atomic E-state index is 0.0153. The van der Waals surface area contributed by atoms with E-state index in [1.54, 1.807) is 5.38 Å². The van der Waals surface area contributed by atoms with Crippen LogP contribution in [0.4, 0.5) is 0 Å². The molecular formula is C29H49N3O5S. The summed E-state index contributed by atoms with van der Waals surface area (Å²) in [5.41, 5.74) is 0.0557. The molecule has 216 valence electrons. The summed E-state index contributed by atoms with van der Waals surface area (Å²) in [6.45, 7) is 14.1. The van der Waals surface area contributed by atoms with Gasteiger partial charge in [-0.1, -0.05) is 54.4 Å². The molecule has 1 aliphatic rings. The first-order valence-electron chi connectivity index (χ1n) is 14.3. The van der Waals surface area contributed by atoms with Gasteiger partial charge in [-0.05, 0) is 51.1 Å². The highest BCUT2D eigenvalue weighted by molar-refractivity contribution is 7.09. The number of carbonyl (C=O) groups is 3. The van der Waals surface area contributed by atoms with Gasteiger partial charge in [-0.25, -0.2) is 9.78 Å².